The lowest BCUT2D eigenvalue weighted by atomic mass is 9.88. The maximum absolute atomic E-state index is 12.4. The number of allylic oxidation sites excluding steroid dienone is 2. The molecule has 0 unspecified atom stereocenters. The van der Waals surface area contributed by atoms with Crippen molar-refractivity contribution in [3.8, 4) is 0 Å². The molecule has 1 amide bonds. The summed E-state index contributed by atoms with van der Waals surface area (Å²) in [5.41, 5.74) is 3.83. The number of hydrogen-bond acceptors (Lipinski definition) is 4. The van der Waals surface area contributed by atoms with Crippen LogP contribution < -0.4 is 0 Å². The van der Waals surface area contributed by atoms with Crippen LogP contribution in [-0.4, -0.2) is 71.4 Å². The van der Waals surface area contributed by atoms with Crippen LogP contribution in [0.15, 0.2) is 48.1 Å². The van der Waals surface area contributed by atoms with Crippen molar-refractivity contribution >= 4 is 5.91 Å². The Bertz CT molecular complexity index is 887. The number of aryl methyl sites for hydroxylation is 1. The van der Waals surface area contributed by atoms with Crippen molar-refractivity contribution < 1.29 is 15.0 Å². The van der Waals surface area contributed by atoms with Crippen LogP contribution in [0.25, 0.3) is 0 Å². The third-order valence-corrected chi connectivity index (χ3v) is 8.03. The highest BCUT2D eigenvalue weighted by Gasteiger charge is 2.43. The van der Waals surface area contributed by atoms with Gasteiger partial charge in [-0.3, -0.25) is 4.79 Å². The summed E-state index contributed by atoms with van der Waals surface area (Å²) in [5, 5.41) is 21.1. The first-order valence-electron chi connectivity index (χ1n) is 13.1. The van der Waals surface area contributed by atoms with Crippen LogP contribution in [0.2, 0.25) is 0 Å². The first-order valence-corrected chi connectivity index (χ1v) is 13.1. The summed E-state index contributed by atoms with van der Waals surface area (Å²) in [7, 11) is 2.11. The number of unbranched alkanes of at least 4 members (excludes halogenated alkanes) is 1. The standard InChI is InChI=1S/C29H42N2O3/c1-21-6-5-8-22(16-21)18-25(32)10-11-26-27-19-23(17-24(27)20-28(26)33)7-3-4-9-29(34)31-14-12-30(2)13-15-31/h5-6,8,10-11,16-17,24-28,32-33H,3-4,7,9,12-15,18-20H2,1-2H3/b11-10+/t24-,25-,26+,27-,28+/m0/s1. The third kappa shape index (κ3) is 6.59. The maximum Gasteiger partial charge on any atom is 0.222 e. The average molecular weight is 467 g/mol. The molecule has 1 aromatic carbocycles. The molecule has 1 saturated heterocycles. The van der Waals surface area contributed by atoms with E-state index in [0.29, 0.717) is 30.6 Å². The quantitative estimate of drug-likeness (QED) is 0.430. The molecular formula is C29H42N2O3. The number of hydrogen-bond donors (Lipinski definition) is 2. The van der Waals surface area contributed by atoms with E-state index in [1.165, 1.54) is 11.1 Å². The van der Waals surface area contributed by atoms with Gasteiger partial charge in [0.25, 0.3) is 0 Å². The molecule has 2 N–H and O–H groups in total. The summed E-state index contributed by atoms with van der Waals surface area (Å²) in [6.07, 6.45) is 11.7. The Balaban J connectivity index is 1.19. The van der Waals surface area contributed by atoms with E-state index >= 15 is 0 Å². The normalized spacial score (nSPS) is 28.4. The van der Waals surface area contributed by atoms with E-state index in [0.717, 1.165) is 63.8 Å². The average Bonchev–Trinajstić information content (AvgIpc) is 3.32. The Morgan fingerprint density at radius 2 is 2.00 bits per heavy atom. The van der Waals surface area contributed by atoms with Gasteiger partial charge in [-0.1, -0.05) is 53.6 Å². The van der Waals surface area contributed by atoms with Gasteiger partial charge in [-0.05, 0) is 63.5 Å². The lowest BCUT2D eigenvalue weighted by Crippen LogP contribution is -2.47. The van der Waals surface area contributed by atoms with E-state index in [1.54, 1.807) is 0 Å². The van der Waals surface area contributed by atoms with Crippen LogP contribution in [0.4, 0.5) is 0 Å². The van der Waals surface area contributed by atoms with Crippen molar-refractivity contribution in [1.29, 1.82) is 0 Å². The van der Waals surface area contributed by atoms with Crippen molar-refractivity contribution in [2.45, 2.75) is 64.1 Å². The number of aliphatic hydroxyl groups is 2. The molecule has 4 rings (SSSR count). The molecule has 5 heteroatoms. The fraction of sp³-hybridized carbons (Fsp3) is 0.621. The number of fused-ring (bicyclic) bond motifs is 1. The Labute approximate surface area is 205 Å². The molecule has 0 aromatic heterocycles. The second-order valence-corrected chi connectivity index (χ2v) is 10.8. The first-order chi connectivity index (χ1) is 16.4. The van der Waals surface area contributed by atoms with Crippen molar-refractivity contribution in [1.82, 2.24) is 9.80 Å². The predicted octanol–water partition coefficient (Wildman–Crippen LogP) is 3.73. The summed E-state index contributed by atoms with van der Waals surface area (Å²) in [4.78, 5) is 16.7. The molecule has 3 aliphatic rings. The Morgan fingerprint density at radius 3 is 2.76 bits per heavy atom. The lowest BCUT2D eigenvalue weighted by molar-refractivity contribution is -0.132. The minimum Gasteiger partial charge on any atom is -0.392 e. The molecule has 5 nitrogen and oxygen atoms in total. The number of aliphatic hydroxyl groups excluding tert-OH is 2. The van der Waals surface area contributed by atoms with Crippen LogP contribution in [0, 0.1) is 24.7 Å². The molecule has 1 aromatic rings. The number of piperazine rings is 1. The summed E-state index contributed by atoms with van der Waals surface area (Å²) in [5.74, 6) is 1.31. The summed E-state index contributed by atoms with van der Waals surface area (Å²) < 4.78 is 0. The highest BCUT2D eigenvalue weighted by atomic mass is 16.3. The summed E-state index contributed by atoms with van der Waals surface area (Å²) >= 11 is 0. The first kappa shape index (κ1) is 25.2. The molecule has 186 valence electrons. The second kappa shape index (κ2) is 11.7. The van der Waals surface area contributed by atoms with Crippen LogP contribution in [0.3, 0.4) is 0 Å². The molecule has 2 fully saturated rings. The smallest absolute Gasteiger partial charge is 0.222 e. The van der Waals surface area contributed by atoms with E-state index in [4.69, 9.17) is 0 Å². The van der Waals surface area contributed by atoms with Gasteiger partial charge < -0.3 is 20.0 Å². The number of benzene rings is 1. The minimum atomic E-state index is -0.528. The molecule has 0 radical (unpaired) electrons. The van der Waals surface area contributed by atoms with Gasteiger partial charge in [0.15, 0.2) is 0 Å². The van der Waals surface area contributed by atoms with E-state index in [2.05, 4.69) is 49.2 Å². The SMILES string of the molecule is Cc1cccc(C[C@@H](O)/C=C/[C@@H]2[C@H]3CC(CCCCC(=O)N4CCN(C)CC4)=C[C@H]3C[C@H]2O)c1. The second-order valence-electron chi connectivity index (χ2n) is 10.8. The van der Waals surface area contributed by atoms with E-state index in [-0.39, 0.29) is 12.0 Å². The molecule has 1 heterocycles. The van der Waals surface area contributed by atoms with Gasteiger partial charge in [-0.15, -0.1) is 0 Å². The van der Waals surface area contributed by atoms with Crippen molar-refractivity contribution in [2.75, 3.05) is 33.2 Å². The Kier molecular flexibility index (Phi) is 8.62. The molecule has 5 atom stereocenters. The molecule has 1 saturated carbocycles. The fourth-order valence-corrected chi connectivity index (χ4v) is 6.04. The topological polar surface area (TPSA) is 64.0 Å². The zero-order valence-electron chi connectivity index (χ0n) is 20.9. The summed E-state index contributed by atoms with van der Waals surface area (Å²) in [6, 6.07) is 8.26. The van der Waals surface area contributed by atoms with Crippen LogP contribution in [0.1, 0.15) is 49.7 Å². The molecule has 0 spiro atoms. The number of likely N-dealkylation sites (N-methyl/N-ethyl adjacent to an activating group) is 1. The van der Waals surface area contributed by atoms with Crippen LogP contribution in [0.5, 0.6) is 0 Å². The van der Waals surface area contributed by atoms with E-state index in [9.17, 15) is 15.0 Å². The zero-order valence-corrected chi connectivity index (χ0v) is 20.9. The van der Waals surface area contributed by atoms with Crippen molar-refractivity contribution in [3.63, 3.8) is 0 Å². The van der Waals surface area contributed by atoms with Gasteiger partial charge >= 0.3 is 0 Å². The summed E-state index contributed by atoms with van der Waals surface area (Å²) in [6.45, 7) is 5.75. The fourth-order valence-electron chi connectivity index (χ4n) is 6.04. The molecule has 2 aliphatic carbocycles. The number of carbonyl (C=O) groups is 1. The molecule has 0 bridgehead atoms. The van der Waals surface area contributed by atoms with E-state index < -0.39 is 6.10 Å². The Morgan fingerprint density at radius 1 is 1.21 bits per heavy atom. The zero-order chi connectivity index (χ0) is 24.1. The van der Waals surface area contributed by atoms with Gasteiger partial charge in [0.2, 0.25) is 5.91 Å². The maximum atomic E-state index is 12.4. The third-order valence-electron chi connectivity index (χ3n) is 8.03. The predicted molar refractivity (Wildman–Crippen MR) is 136 cm³/mol. The monoisotopic (exact) mass is 466 g/mol. The van der Waals surface area contributed by atoms with Crippen molar-refractivity contribution in [3.05, 3.63) is 59.2 Å². The Hall–Kier alpha value is -1.95. The minimum absolute atomic E-state index is 0.115. The molecular weight excluding hydrogens is 424 g/mol. The van der Waals surface area contributed by atoms with Crippen LogP contribution in [-0.2, 0) is 11.2 Å². The number of nitrogens with zero attached hydrogens (tertiary/aromatic N) is 2. The molecule has 34 heavy (non-hydrogen) atoms. The number of carbonyl (C=O) groups excluding carboxylic acids is 1. The van der Waals surface area contributed by atoms with Gasteiger partial charge in [0.1, 0.15) is 0 Å². The van der Waals surface area contributed by atoms with Gasteiger partial charge in [-0.25, -0.2) is 0 Å². The number of rotatable bonds is 9. The highest BCUT2D eigenvalue weighted by molar-refractivity contribution is 5.76. The van der Waals surface area contributed by atoms with Gasteiger partial charge in [0, 0.05) is 44.9 Å². The van der Waals surface area contributed by atoms with E-state index in [1.807, 2.05) is 17.0 Å². The highest BCUT2D eigenvalue weighted by Crippen LogP contribution is 2.48. The van der Waals surface area contributed by atoms with Crippen molar-refractivity contribution in [2.24, 2.45) is 17.8 Å². The number of amides is 1. The lowest BCUT2D eigenvalue weighted by Gasteiger charge is -2.32. The van der Waals surface area contributed by atoms with Gasteiger partial charge in [0.05, 0.1) is 12.2 Å². The van der Waals surface area contributed by atoms with Gasteiger partial charge in [-0.2, -0.15) is 0 Å². The van der Waals surface area contributed by atoms with Crippen LogP contribution >= 0.6 is 0 Å². The molecule has 1 aliphatic heterocycles. The largest absolute Gasteiger partial charge is 0.392 e.